The van der Waals surface area contributed by atoms with Gasteiger partial charge in [0, 0.05) is 26.4 Å². The lowest BCUT2D eigenvalue weighted by molar-refractivity contribution is -0.143. The van der Waals surface area contributed by atoms with Crippen LogP contribution < -0.4 is 0 Å². The molecule has 1 fully saturated rings. The molecule has 0 amide bonds. The molecule has 3 heteroatoms. The third kappa shape index (κ3) is 2.72. The van der Waals surface area contributed by atoms with Crippen LogP contribution in [0, 0.1) is 0 Å². The number of hydrazine groups is 1. The van der Waals surface area contributed by atoms with Crippen molar-refractivity contribution >= 4 is 0 Å². The molecule has 82 valence electrons. The fourth-order valence-electron chi connectivity index (χ4n) is 1.85. The third-order valence-electron chi connectivity index (χ3n) is 2.64. The van der Waals surface area contributed by atoms with Crippen LogP contribution in [0.15, 0.2) is 11.8 Å². The Labute approximate surface area is 87.3 Å². The summed E-state index contributed by atoms with van der Waals surface area (Å²) in [4.78, 5) is 0. The molecular weight excluding hydrogens is 176 g/mol. The molecule has 0 spiro atoms. The number of rotatable bonds is 3. The van der Waals surface area contributed by atoms with E-state index >= 15 is 0 Å². The molecule has 0 N–H and O–H groups in total. The Morgan fingerprint density at radius 1 is 1.36 bits per heavy atom. The maximum Gasteiger partial charge on any atom is 0.144 e. The molecule has 1 heterocycles. The van der Waals surface area contributed by atoms with Gasteiger partial charge in [-0.2, -0.15) is 0 Å². The number of hydrogen-bond acceptors (Lipinski definition) is 3. The van der Waals surface area contributed by atoms with Crippen LogP contribution in [-0.4, -0.2) is 36.9 Å². The molecule has 1 aliphatic rings. The van der Waals surface area contributed by atoms with E-state index in [1.807, 2.05) is 0 Å². The molecule has 1 rings (SSSR count). The summed E-state index contributed by atoms with van der Waals surface area (Å²) >= 11 is 0. The lowest BCUT2D eigenvalue weighted by Crippen LogP contribution is -2.46. The summed E-state index contributed by atoms with van der Waals surface area (Å²) in [5.41, 5.74) is 1.25. The van der Waals surface area contributed by atoms with Crippen LogP contribution in [0.4, 0.5) is 0 Å². The van der Waals surface area contributed by atoms with Gasteiger partial charge in [0.15, 0.2) is 0 Å². The summed E-state index contributed by atoms with van der Waals surface area (Å²) in [6, 6.07) is 0. The first-order chi connectivity index (χ1) is 6.66. The first-order valence-electron chi connectivity index (χ1n) is 5.37. The van der Waals surface area contributed by atoms with Crippen LogP contribution in [0.1, 0.15) is 33.1 Å². The monoisotopic (exact) mass is 198 g/mol. The summed E-state index contributed by atoms with van der Waals surface area (Å²) in [6.07, 6.45) is 5.95. The van der Waals surface area contributed by atoms with E-state index < -0.39 is 0 Å². The van der Waals surface area contributed by atoms with Crippen molar-refractivity contribution in [1.29, 1.82) is 0 Å². The molecule has 0 aromatic rings. The minimum Gasteiger partial charge on any atom is -0.357 e. The van der Waals surface area contributed by atoms with Gasteiger partial charge >= 0.3 is 0 Å². The van der Waals surface area contributed by atoms with Crippen molar-refractivity contribution in [2.45, 2.75) is 39.3 Å². The lowest BCUT2D eigenvalue weighted by atomic mass is 10.2. The highest BCUT2D eigenvalue weighted by molar-refractivity contribution is 4.95. The van der Waals surface area contributed by atoms with Crippen molar-refractivity contribution in [2.24, 2.45) is 0 Å². The van der Waals surface area contributed by atoms with Crippen molar-refractivity contribution in [3.05, 3.63) is 11.8 Å². The van der Waals surface area contributed by atoms with Crippen molar-refractivity contribution in [2.75, 3.05) is 20.7 Å². The highest BCUT2D eigenvalue weighted by atomic mass is 16.5. The van der Waals surface area contributed by atoms with E-state index in [2.05, 4.69) is 44.0 Å². The normalized spacial score (nSPS) is 24.1. The molecule has 1 aliphatic heterocycles. The topological polar surface area (TPSA) is 15.7 Å². The van der Waals surface area contributed by atoms with Crippen molar-refractivity contribution in [1.82, 2.24) is 10.0 Å². The van der Waals surface area contributed by atoms with Crippen LogP contribution in [0.5, 0.6) is 0 Å². The molecule has 0 aromatic carbocycles. The molecular formula is C11H22N2O. The Bertz CT molecular complexity index is 195. The van der Waals surface area contributed by atoms with E-state index in [4.69, 9.17) is 4.74 Å². The summed E-state index contributed by atoms with van der Waals surface area (Å²) in [5.74, 6) is 0. The quantitative estimate of drug-likeness (QED) is 0.647. The zero-order chi connectivity index (χ0) is 10.6. The van der Waals surface area contributed by atoms with Crippen LogP contribution in [-0.2, 0) is 4.74 Å². The van der Waals surface area contributed by atoms with Gasteiger partial charge in [0.2, 0.25) is 0 Å². The highest BCUT2D eigenvalue weighted by Gasteiger charge is 2.23. The molecule has 0 aromatic heterocycles. The van der Waals surface area contributed by atoms with Crippen molar-refractivity contribution in [3.8, 4) is 0 Å². The fourth-order valence-corrected chi connectivity index (χ4v) is 1.85. The highest BCUT2D eigenvalue weighted by Crippen LogP contribution is 2.20. The van der Waals surface area contributed by atoms with Gasteiger partial charge in [0.25, 0.3) is 0 Å². The van der Waals surface area contributed by atoms with E-state index in [-0.39, 0.29) is 6.23 Å². The SMILES string of the molecule is C/C=C(\C)N(C1CCCCO1)N(C)C. The molecule has 3 nitrogen and oxygen atoms in total. The zero-order valence-electron chi connectivity index (χ0n) is 9.79. The Morgan fingerprint density at radius 3 is 2.50 bits per heavy atom. The Hall–Kier alpha value is -0.540. The summed E-state index contributed by atoms with van der Waals surface area (Å²) in [6.45, 7) is 5.08. The molecule has 0 bridgehead atoms. The van der Waals surface area contributed by atoms with Gasteiger partial charge in [-0.1, -0.05) is 6.08 Å². The van der Waals surface area contributed by atoms with Crippen LogP contribution in [0.2, 0.25) is 0 Å². The minimum absolute atomic E-state index is 0.231. The molecule has 1 atom stereocenters. The molecule has 0 radical (unpaired) electrons. The van der Waals surface area contributed by atoms with Crippen molar-refractivity contribution < 1.29 is 4.74 Å². The van der Waals surface area contributed by atoms with Crippen molar-refractivity contribution in [3.63, 3.8) is 0 Å². The summed E-state index contributed by atoms with van der Waals surface area (Å²) in [5, 5.41) is 4.32. The predicted molar refractivity (Wildman–Crippen MR) is 58.5 cm³/mol. The molecule has 0 saturated carbocycles. The maximum absolute atomic E-state index is 5.77. The lowest BCUT2D eigenvalue weighted by Gasteiger charge is -2.40. The van der Waals surface area contributed by atoms with Gasteiger partial charge in [-0.25, -0.2) is 5.01 Å². The van der Waals surface area contributed by atoms with Crippen LogP contribution in [0.25, 0.3) is 0 Å². The zero-order valence-corrected chi connectivity index (χ0v) is 9.79. The van der Waals surface area contributed by atoms with E-state index in [0.717, 1.165) is 13.0 Å². The van der Waals surface area contributed by atoms with Gasteiger partial charge in [-0.15, -0.1) is 0 Å². The van der Waals surface area contributed by atoms with Crippen LogP contribution >= 0.6 is 0 Å². The van der Waals surface area contributed by atoms with Gasteiger partial charge in [0.1, 0.15) is 6.23 Å². The summed E-state index contributed by atoms with van der Waals surface area (Å²) in [7, 11) is 4.12. The van der Waals surface area contributed by atoms with E-state index in [0.29, 0.717) is 0 Å². The standard InChI is InChI=1S/C11H22N2O/c1-5-10(2)13(12(3)4)11-8-6-7-9-14-11/h5,11H,6-9H2,1-4H3/b10-5+. The van der Waals surface area contributed by atoms with Gasteiger partial charge < -0.3 is 4.74 Å². The number of allylic oxidation sites excluding steroid dienone is 2. The Kier molecular flexibility index (Phi) is 4.42. The van der Waals surface area contributed by atoms with E-state index in [9.17, 15) is 0 Å². The first-order valence-corrected chi connectivity index (χ1v) is 5.37. The molecule has 0 aliphatic carbocycles. The Morgan fingerprint density at radius 2 is 2.07 bits per heavy atom. The van der Waals surface area contributed by atoms with Crippen LogP contribution in [0.3, 0.4) is 0 Å². The number of nitrogens with zero attached hydrogens (tertiary/aromatic N) is 2. The molecule has 1 unspecified atom stereocenters. The van der Waals surface area contributed by atoms with E-state index in [1.54, 1.807) is 0 Å². The maximum atomic E-state index is 5.77. The van der Waals surface area contributed by atoms with Gasteiger partial charge in [0.05, 0.1) is 0 Å². The average molecular weight is 198 g/mol. The smallest absolute Gasteiger partial charge is 0.144 e. The number of hydrogen-bond donors (Lipinski definition) is 0. The third-order valence-corrected chi connectivity index (χ3v) is 2.64. The predicted octanol–water partition coefficient (Wildman–Crippen LogP) is 2.22. The second-order valence-electron chi connectivity index (χ2n) is 3.94. The molecule has 14 heavy (non-hydrogen) atoms. The number of ether oxygens (including phenoxy) is 1. The minimum atomic E-state index is 0.231. The first kappa shape index (κ1) is 11.5. The van der Waals surface area contributed by atoms with Gasteiger partial charge in [-0.3, -0.25) is 5.01 Å². The summed E-state index contributed by atoms with van der Waals surface area (Å²) < 4.78 is 5.77. The van der Waals surface area contributed by atoms with E-state index in [1.165, 1.54) is 18.5 Å². The molecule has 1 saturated heterocycles. The largest absolute Gasteiger partial charge is 0.357 e. The second kappa shape index (κ2) is 5.37. The average Bonchev–Trinajstić information content (AvgIpc) is 2.19. The fraction of sp³-hybridized carbons (Fsp3) is 0.818. The second-order valence-corrected chi connectivity index (χ2v) is 3.94. The Balaban J connectivity index is 2.65. The van der Waals surface area contributed by atoms with Gasteiger partial charge in [-0.05, 0) is 33.1 Å².